The number of methoxy groups -OCH3 is 1. The lowest BCUT2D eigenvalue weighted by Gasteiger charge is -2.07. The summed E-state index contributed by atoms with van der Waals surface area (Å²) in [5.74, 6) is 2.02. The van der Waals surface area contributed by atoms with Crippen LogP contribution in [0, 0.1) is 0 Å². The minimum absolute atomic E-state index is 0.382. The standard InChI is InChI=1S/C17H21N3O2/c1-21-16-10-5-7-14(13-16)20-17(18)19-11-6-12-22-15-8-3-2-4-9-15/h2-5,7-10,13H,6,11-12H2,1H3,(H3,18,19,20). The monoisotopic (exact) mass is 299 g/mol. The van der Waals surface area contributed by atoms with Gasteiger partial charge in [0.15, 0.2) is 5.96 Å². The molecule has 0 amide bonds. The van der Waals surface area contributed by atoms with Crippen LogP contribution in [0.2, 0.25) is 0 Å². The van der Waals surface area contributed by atoms with Crippen LogP contribution in [0.25, 0.3) is 0 Å². The van der Waals surface area contributed by atoms with Crippen LogP contribution in [0.15, 0.2) is 59.6 Å². The van der Waals surface area contributed by atoms with E-state index in [0.717, 1.165) is 23.6 Å². The van der Waals surface area contributed by atoms with Gasteiger partial charge in [0.05, 0.1) is 13.7 Å². The van der Waals surface area contributed by atoms with Crippen molar-refractivity contribution in [3.63, 3.8) is 0 Å². The van der Waals surface area contributed by atoms with Gasteiger partial charge in [0.1, 0.15) is 11.5 Å². The van der Waals surface area contributed by atoms with Gasteiger partial charge < -0.3 is 20.5 Å². The average Bonchev–Trinajstić information content (AvgIpc) is 2.55. The van der Waals surface area contributed by atoms with Crippen LogP contribution in [0.3, 0.4) is 0 Å². The Labute approximate surface area is 130 Å². The maximum atomic E-state index is 5.85. The molecule has 0 fully saturated rings. The van der Waals surface area contributed by atoms with Crippen LogP contribution < -0.4 is 20.5 Å². The normalized spacial score (nSPS) is 11.0. The van der Waals surface area contributed by atoms with Gasteiger partial charge in [-0.05, 0) is 24.3 Å². The average molecular weight is 299 g/mol. The number of nitrogens with one attached hydrogen (secondary N) is 1. The zero-order valence-corrected chi connectivity index (χ0v) is 12.7. The molecule has 2 rings (SSSR count). The lowest BCUT2D eigenvalue weighted by atomic mass is 10.3. The highest BCUT2D eigenvalue weighted by molar-refractivity contribution is 5.92. The fourth-order valence-corrected chi connectivity index (χ4v) is 1.86. The maximum absolute atomic E-state index is 5.85. The van der Waals surface area contributed by atoms with Crippen molar-refractivity contribution in [3.8, 4) is 11.5 Å². The molecule has 0 aliphatic carbocycles. The summed E-state index contributed by atoms with van der Waals surface area (Å²) in [7, 11) is 1.63. The predicted molar refractivity (Wildman–Crippen MR) is 89.7 cm³/mol. The number of benzene rings is 2. The van der Waals surface area contributed by atoms with E-state index in [0.29, 0.717) is 19.1 Å². The second kappa shape index (κ2) is 8.56. The molecule has 5 nitrogen and oxygen atoms in total. The minimum Gasteiger partial charge on any atom is -0.497 e. The Morgan fingerprint density at radius 3 is 2.64 bits per heavy atom. The Morgan fingerprint density at radius 2 is 1.86 bits per heavy atom. The highest BCUT2D eigenvalue weighted by Crippen LogP contribution is 2.16. The van der Waals surface area contributed by atoms with E-state index in [4.69, 9.17) is 15.2 Å². The van der Waals surface area contributed by atoms with Crippen molar-refractivity contribution in [2.24, 2.45) is 10.7 Å². The van der Waals surface area contributed by atoms with Gasteiger partial charge in [-0.25, -0.2) is 0 Å². The van der Waals surface area contributed by atoms with Crippen molar-refractivity contribution in [1.82, 2.24) is 0 Å². The molecular weight excluding hydrogens is 278 g/mol. The Hall–Kier alpha value is -2.69. The van der Waals surface area contributed by atoms with Crippen LogP contribution in [0.4, 0.5) is 5.69 Å². The van der Waals surface area contributed by atoms with Gasteiger partial charge >= 0.3 is 0 Å². The van der Waals surface area contributed by atoms with Crippen LogP contribution in [0.1, 0.15) is 6.42 Å². The number of nitrogens with zero attached hydrogens (tertiary/aromatic N) is 1. The molecule has 0 bridgehead atoms. The van der Waals surface area contributed by atoms with Gasteiger partial charge in [0.25, 0.3) is 0 Å². The Balaban J connectivity index is 1.71. The summed E-state index contributed by atoms with van der Waals surface area (Å²) in [6.45, 7) is 1.22. The quantitative estimate of drug-likeness (QED) is 0.468. The molecule has 0 saturated heterocycles. The third kappa shape index (κ3) is 5.36. The summed E-state index contributed by atoms with van der Waals surface area (Å²) in [5, 5.41) is 3.03. The molecule has 5 heteroatoms. The van der Waals surface area contributed by atoms with E-state index in [1.54, 1.807) is 7.11 Å². The lowest BCUT2D eigenvalue weighted by molar-refractivity contribution is 0.313. The van der Waals surface area contributed by atoms with E-state index in [1.807, 2.05) is 54.6 Å². The number of para-hydroxylation sites is 1. The molecule has 0 radical (unpaired) electrons. The molecule has 2 aromatic rings. The molecule has 0 saturated carbocycles. The lowest BCUT2D eigenvalue weighted by Crippen LogP contribution is -2.23. The topological polar surface area (TPSA) is 68.9 Å². The second-order valence-corrected chi connectivity index (χ2v) is 4.64. The van der Waals surface area contributed by atoms with E-state index in [-0.39, 0.29) is 0 Å². The van der Waals surface area contributed by atoms with Crippen LogP contribution >= 0.6 is 0 Å². The Kier molecular flexibility index (Phi) is 6.11. The highest BCUT2D eigenvalue weighted by atomic mass is 16.5. The van der Waals surface area contributed by atoms with Gasteiger partial charge in [-0.15, -0.1) is 0 Å². The summed E-state index contributed by atoms with van der Waals surface area (Å²) in [5.41, 5.74) is 6.70. The molecule has 0 aliphatic rings. The summed E-state index contributed by atoms with van der Waals surface area (Å²) < 4.78 is 10.7. The molecule has 0 spiro atoms. The first-order valence-corrected chi connectivity index (χ1v) is 7.17. The first-order valence-electron chi connectivity index (χ1n) is 7.17. The van der Waals surface area contributed by atoms with E-state index in [9.17, 15) is 0 Å². The number of ether oxygens (including phenoxy) is 2. The first-order chi connectivity index (χ1) is 10.8. The molecule has 0 aliphatic heterocycles. The fraction of sp³-hybridized carbons (Fsp3) is 0.235. The van der Waals surface area contributed by atoms with Crippen molar-refractivity contribution < 1.29 is 9.47 Å². The van der Waals surface area contributed by atoms with Crippen molar-refractivity contribution >= 4 is 11.6 Å². The Morgan fingerprint density at radius 1 is 1.09 bits per heavy atom. The molecule has 0 unspecified atom stereocenters. The van der Waals surface area contributed by atoms with E-state index >= 15 is 0 Å². The molecule has 0 aromatic heterocycles. The van der Waals surface area contributed by atoms with E-state index in [2.05, 4.69) is 10.3 Å². The third-order valence-corrected chi connectivity index (χ3v) is 2.94. The Bertz CT molecular complexity index is 600. The number of hydrogen-bond donors (Lipinski definition) is 2. The van der Waals surface area contributed by atoms with Crippen molar-refractivity contribution in [2.75, 3.05) is 25.6 Å². The van der Waals surface area contributed by atoms with E-state index < -0.39 is 0 Å². The minimum atomic E-state index is 0.382. The van der Waals surface area contributed by atoms with Gasteiger partial charge in [-0.1, -0.05) is 24.3 Å². The summed E-state index contributed by atoms with van der Waals surface area (Å²) in [4.78, 5) is 4.27. The summed E-state index contributed by atoms with van der Waals surface area (Å²) >= 11 is 0. The van der Waals surface area contributed by atoms with Gasteiger partial charge in [-0.2, -0.15) is 0 Å². The summed E-state index contributed by atoms with van der Waals surface area (Å²) in [6, 6.07) is 17.3. The van der Waals surface area contributed by atoms with Crippen LogP contribution in [-0.2, 0) is 0 Å². The van der Waals surface area contributed by atoms with Crippen molar-refractivity contribution in [3.05, 3.63) is 54.6 Å². The zero-order chi connectivity index (χ0) is 15.6. The maximum Gasteiger partial charge on any atom is 0.193 e. The predicted octanol–water partition coefficient (Wildman–Crippen LogP) is 2.89. The molecule has 0 heterocycles. The third-order valence-electron chi connectivity index (χ3n) is 2.94. The van der Waals surface area contributed by atoms with Crippen molar-refractivity contribution in [1.29, 1.82) is 0 Å². The first kappa shape index (κ1) is 15.7. The molecule has 0 atom stereocenters. The largest absolute Gasteiger partial charge is 0.497 e. The number of hydrogen-bond acceptors (Lipinski definition) is 3. The van der Waals surface area contributed by atoms with Gasteiger partial charge in [0, 0.05) is 24.7 Å². The van der Waals surface area contributed by atoms with Crippen LogP contribution in [0.5, 0.6) is 11.5 Å². The highest BCUT2D eigenvalue weighted by Gasteiger charge is 1.97. The number of guanidine groups is 1. The van der Waals surface area contributed by atoms with E-state index in [1.165, 1.54) is 0 Å². The molecular formula is C17H21N3O2. The SMILES string of the molecule is COc1cccc(NC(N)=NCCCOc2ccccc2)c1. The van der Waals surface area contributed by atoms with Crippen LogP contribution in [-0.4, -0.2) is 26.2 Å². The molecule has 3 N–H and O–H groups in total. The van der Waals surface area contributed by atoms with Crippen molar-refractivity contribution in [2.45, 2.75) is 6.42 Å². The molecule has 22 heavy (non-hydrogen) atoms. The number of rotatable bonds is 7. The number of anilines is 1. The smallest absolute Gasteiger partial charge is 0.193 e. The zero-order valence-electron chi connectivity index (χ0n) is 12.7. The summed E-state index contributed by atoms with van der Waals surface area (Å²) in [6.07, 6.45) is 0.801. The number of aliphatic imine (C=N–C) groups is 1. The second-order valence-electron chi connectivity index (χ2n) is 4.64. The molecule has 116 valence electrons. The molecule has 2 aromatic carbocycles. The van der Waals surface area contributed by atoms with Gasteiger partial charge in [0.2, 0.25) is 0 Å². The number of nitrogens with two attached hydrogens (primary N) is 1. The fourth-order valence-electron chi connectivity index (χ4n) is 1.86. The van der Waals surface area contributed by atoms with Gasteiger partial charge in [-0.3, -0.25) is 4.99 Å².